The summed E-state index contributed by atoms with van der Waals surface area (Å²) in [6, 6.07) is 16.7. The Bertz CT molecular complexity index is 592. The lowest BCUT2D eigenvalue weighted by molar-refractivity contribution is -0.658. The van der Waals surface area contributed by atoms with Crippen LogP contribution < -0.4 is 14.4 Å². The number of pyridine rings is 1. The predicted octanol–water partition coefficient (Wildman–Crippen LogP) is 2.65. The van der Waals surface area contributed by atoms with E-state index >= 15 is 0 Å². The normalized spacial score (nSPS) is 18.1. The van der Waals surface area contributed by atoms with Gasteiger partial charge in [0.15, 0.2) is 6.17 Å². The molecule has 0 N–H and O–H groups in total. The van der Waals surface area contributed by atoms with Crippen LogP contribution in [0, 0.1) is 0 Å². The van der Waals surface area contributed by atoms with Gasteiger partial charge in [0.1, 0.15) is 6.20 Å². The summed E-state index contributed by atoms with van der Waals surface area (Å²) in [5, 5.41) is 0. The highest BCUT2D eigenvalue weighted by atomic mass is 15.4. The summed E-state index contributed by atoms with van der Waals surface area (Å²) in [5.74, 6) is 1.18. The first-order valence-electron chi connectivity index (χ1n) is 6.52. The van der Waals surface area contributed by atoms with E-state index in [0.29, 0.717) is 0 Å². The Balaban J connectivity index is 1.90. The molecular formula is C16H18N3+. The maximum Gasteiger partial charge on any atom is 0.282 e. The molecule has 3 rings (SSSR count). The third-order valence-electron chi connectivity index (χ3n) is 3.54. The Labute approximate surface area is 114 Å². The summed E-state index contributed by atoms with van der Waals surface area (Å²) in [6.07, 6.45) is 6.61. The number of aryl methyl sites for hydroxylation is 1. The molecule has 1 aromatic carbocycles. The van der Waals surface area contributed by atoms with Crippen molar-refractivity contribution < 1.29 is 4.57 Å². The number of anilines is 2. The third kappa shape index (κ3) is 2.08. The van der Waals surface area contributed by atoms with E-state index in [0.717, 1.165) is 0 Å². The minimum atomic E-state index is 0.274. The molecule has 0 bridgehead atoms. The fourth-order valence-electron chi connectivity index (χ4n) is 2.48. The van der Waals surface area contributed by atoms with Crippen molar-refractivity contribution in [2.45, 2.75) is 13.1 Å². The van der Waals surface area contributed by atoms with E-state index in [2.05, 4.69) is 83.3 Å². The molecule has 0 radical (unpaired) electrons. The van der Waals surface area contributed by atoms with Gasteiger partial charge in [-0.15, -0.1) is 0 Å². The van der Waals surface area contributed by atoms with Crippen LogP contribution in [0.15, 0.2) is 67.1 Å². The van der Waals surface area contributed by atoms with Gasteiger partial charge in [0.25, 0.3) is 5.82 Å². The Morgan fingerprint density at radius 1 is 0.895 bits per heavy atom. The molecule has 1 aliphatic heterocycles. The van der Waals surface area contributed by atoms with Crippen molar-refractivity contribution in [1.82, 2.24) is 0 Å². The van der Waals surface area contributed by atoms with Crippen LogP contribution in [-0.4, -0.2) is 6.17 Å². The minimum Gasteiger partial charge on any atom is -0.305 e. The first kappa shape index (κ1) is 11.8. The molecule has 1 atom stereocenters. The van der Waals surface area contributed by atoms with Gasteiger partial charge in [-0.05, 0) is 25.1 Å². The fourth-order valence-corrected chi connectivity index (χ4v) is 2.48. The molecule has 1 aliphatic rings. The van der Waals surface area contributed by atoms with Crippen LogP contribution in [-0.2, 0) is 7.05 Å². The van der Waals surface area contributed by atoms with E-state index in [4.69, 9.17) is 0 Å². The summed E-state index contributed by atoms with van der Waals surface area (Å²) < 4.78 is 2.13. The highest BCUT2D eigenvalue weighted by Crippen LogP contribution is 2.26. The lowest BCUT2D eigenvalue weighted by atomic mass is 10.3. The van der Waals surface area contributed by atoms with E-state index < -0.39 is 0 Å². The van der Waals surface area contributed by atoms with Crippen LogP contribution in [0.4, 0.5) is 11.5 Å². The molecule has 0 spiro atoms. The molecule has 1 aromatic heterocycles. The van der Waals surface area contributed by atoms with E-state index in [1.54, 1.807) is 0 Å². The van der Waals surface area contributed by atoms with Crippen molar-refractivity contribution in [2.75, 3.05) is 9.80 Å². The fraction of sp³-hybridized carbons (Fsp3) is 0.188. The SMILES string of the molecule is C[C@@H]1N(c2ccccc2)C=CN1c1cccc[n+]1C. The molecule has 0 amide bonds. The summed E-state index contributed by atoms with van der Waals surface area (Å²) in [5.41, 5.74) is 1.22. The van der Waals surface area contributed by atoms with E-state index in [1.165, 1.54) is 11.5 Å². The van der Waals surface area contributed by atoms with Gasteiger partial charge < -0.3 is 4.90 Å². The maximum absolute atomic E-state index is 2.27. The number of hydrogen-bond acceptors (Lipinski definition) is 2. The van der Waals surface area contributed by atoms with E-state index in [9.17, 15) is 0 Å². The first-order valence-corrected chi connectivity index (χ1v) is 6.52. The first-order chi connectivity index (χ1) is 9.27. The number of nitrogens with zero attached hydrogens (tertiary/aromatic N) is 3. The second-order valence-corrected chi connectivity index (χ2v) is 4.75. The van der Waals surface area contributed by atoms with E-state index in [-0.39, 0.29) is 6.17 Å². The topological polar surface area (TPSA) is 10.4 Å². The smallest absolute Gasteiger partial charge is 0.282 e. The van der Waals surface area contributed by atoms with Gasteiger partial charge in [-0.1, -0.05) is 24.3 Å². The monoisotopic (exact) mass is 252 g/mol. The number of benzene rings is 1. The van der Waals surface area contributed by atoms with E-state index in [1.807, 2.05) is 12.1 Å². The predicted molar refractivity (Wildman–Crippen MR) is 77.6 cm³/mol. The van der Waals surface area contributed by atoms with Crippen molar-refractivity contribution in [3.63, 3.8) is 0 Å². The molecule has 0 fully saturated rings. The Morgan fingerprint density at radius 2 is 1.58 bits per heavy atom. The Kier molecular flexibility index (Phi) is 2.95. The second-order valence-electron chi connectivity index (χ2n) is 4.75. The molecule has 3 heteroatoms. The van der Waals surface area contributed by atoms with Crippen LogP contribution >= 0.6 is 0 Å². The highest BCUT2D eigenvalue weighted by molar-refractivity contribution is 5.57. The largest absolute Gasteiger partial charge is 0.305 e. The van der Waals surface area contributed by atoms with Crippen molar-refractivity contribution in [3.05, 3.63) is 67.1 Å². The lowest BCUT2D eigenvalue weighted by Crippen LogP contribution is -2.43. The van der Waals surface area contributed by atoms with Crippen LogP contribution in [0.1, 0.15) is 6.92 Å². The van der Waals surface area contributed by atoms with Crippen LogP contribution in [0.3, 0.4) is 0 Å². The Morgan fingerprint density at radius 3 is 2.32 bits per heavy atom. The summed E-state index contributed by atoms with van der Waals surface area (Å²) in [4.78, 5) is 4.54. The minimum absolute atomic E-state index is 0.274. The summed E-state index contributed by atoms with van der Waals surface area (Å²) in [6.45, 7) is 2.21. The van der Waals surface area contributed by atoms with Crippen molar-refractivity contribution in [1.29, 1.82) is 0 Å². The van der Waals surface area contributed by atoms with Crippen molar-refractivity contribution in [3.8, 4) is 0 Å². The van der Waals surface area contributed by atoms with Gasteiger partial charge >= 0.3 is 0 Å². The van der Waals surface area contributed by atoms with Crippen LogP contribution in [0.2, 0.25) is 0 Å². The van der Waals surface area contributed by atoms with Gasteiger partial charge in [0.05, 0.1) is 13.2 Å². The molecule has 3 nitrogen and oxygen atoms in total. The number of aromatic nitrogens is 1. The maximum atomic E-state index is 2.27. The number of para-hydroxylation sites is 1. The zero-order valence-electron chi connectivity index (χ0n) is 11.3. The molecule has 0 aliphatic carbocycles. The molecular weight excluding hydrogens is 234 g/mol. The van der Waals surface area contributed by atoms with Crippen LogP contribution in [0.5, 0.6) is 0 Å². The zero-order valence-corrected chi connectivity index (χ0v) is 11.3. The zero-order chi connectivity index (χ0) is 13.2. The summed E-state index contributed by atoms with van der Waals surface area (Å²) >= 11 is 0. The molecule has 19 heavy (non-hydrogen) atoms. The molecule has 2 aromatic rings. The summed E-state index contributed by atoms with van der Waals surface area (Å²) in [7, 11) is 2.07. The molecule has 96 valence electrons. The molecule has 0 saturated heterocycles. The number of rotatable bonds is 2. The van der Waals surface area contributed by atoms with Crippen molar-refractivity contribution >= 4 is 11.5 Å². The van der Waals surface area contributed by atoms with Crippen molar-refractivity contribution in [2.24, 2.45) is 7.05 Å². The quantitative estimate of drug-likeness (QED) is 0.761. The van der Waals surface area contributed by atoms with Gasteiger partial charge in [0, 0.05) is 18.0 Å². The molecule has 0 saturated carbocycles. The second kappa shape index (κ2) is 4.76. The lowest BCUT2D eigenvalue weighted by Gasteiger charge is -2.24. The van der Waals surface area contributed by atoms with Gasteiger partial charge in [-0.25, -0.2) is 9.47 Å². The Hall–Kier alpha value is -2.29. The van der Waals surface area contributed by atoms with Gasteiger partial charge in [-0.2, -0.15) is 0 Å². The van der Waals surface area contributed by atoms with Crippen LogP contribution in [0.25, 0.3) is 0 Å². The van der Waals surface area contributed by atoms with Gasteiger partial charge in [0.2, 0.25) is 0 Å². The molecule has 0 unspecified atom stereocenters. The molecule has 2 heterocycles. The van der Waals surface area contributed by atoms with Gasteiger partial charge in [-0.3, -0.25) is 0 Å². The third-order valence-corrected chi connectivity index (χ3v) is 3.54. The highest BCUT2D eigenvalue weighted by Gasteiger charge is 2.31. The number of hydrogen-bond donors (Lipinski definition) is 0. The average Bonchev–Trinajstić information content (AvgIpc) is 2.82. The standard InChI is InChI=1S/C16H18N3/c1-14-18(15-8-4-3-5-9-15)12-13-19(14)16-10-6-7-11-17(16)2/h3-14H,1-2H3/q+1/t14-/m1/s1. The average molecular weight is 252 g/mol.